The molecule has 0 unspecified atom stereocenters. The molecule has 2 aliphatic heterocycles. The van der Waals surface area contributed by atoms with Crippen molar-refractivity contribution in [1.82, 2.24) is 25.2 Å². The highest BCUT2D eigenvalue weighted by molar-refractivity contribution is 6.31. The number of aliphatic imine (C=N–C) groups is 1. The second kappa shape index (κ2) is 7.57. The molecule has 3 aromatic rings. The number of nitrogens with zero attached hydrogens (tertiary/aromatic N) is 5. The molecule has 1 aromatic carbocycles. The molecule has 0 saturated carbocycles. The molecule has 1 fully saturated rings. The van der Waals surface area contributed by atoms with Gasteiger partial charge in [0, 0.05) is 37.9 Å². The first-order valence-electron chi connectivity index (χ1n) is 9.91. The van der Waals surface area contributed by atoms with E-state index in [9.17, 15) is 0 Å². The molecule has 10 heteroatoms. The summed E-state index contributed by atoms with van der Waals surface area (Å²) in [6.07, 6.45) is 3.31. The quantitative estimate of drug-likeness (QED) is 0.675. The summed E-state index contributed by atoms with van der Waals surface area (Å²) in [7, 11) is 2.11. The zero-order chi connectivity index (χ0) is 20.7. The minimum Gasteiger partial charge on any atom is -0.449 e. The van der Waals surface area contributed by atoms with Gasteiger partial charge in [-0.25, -0.2) is 25.3 Å². The Balaban J connectivity index is 1.42. The van der Waals surface area contributed by atoms with Gasteiger partial charge in [-0.1, -0.05) is 11.6 Å². The van der Waals surface area contributed by atoms with Crippen LogP contribution < -0.4 is 5.48 Å². The molecule has 4 heterocycles. The van der Waals surface area contributed by atoms with E-state index in [1.165, 1.54) is 0 Å². The van der Waals surface area contributed by atoms with Crippen molar-refractivity contribution in [1.29, 1.82) is 0 Å². The number of aromatic nitrogens is 2. The van der Waals surface area contributed by atoms with Crippen molar-refractivity contribution in [2.75, 3.05) is 20.1 Å². The Morgan fingerprint density at radius 2 is 2.07 bits per heavy atom. The number of nitrogens with one attached hydrogen (secondary N) is 1. The topological polar surface area (TPSA) is 92.2 Å². The van der Waals surface area contributed by atoms with Gasteiger partial charge in [0.25, 0.3) is 0 Å². The van der Waals surface area contributed by atoms with E-state index in [-0.39, 0.29) is 0 Å². The summed E-state index contributed by atoms with van der Waals surface area (Å²) in [6.45, 7) is 4.56. The Morgan fingerprint density at radius 3 is 2.83 bits per heavy atom. The van der Waals surface area contributed by atoms with E-state index in [1.807, 2.05) is 17.9 Å². The summed E-state index contributed by atoms with van der Waals surface area (Å²) in [4.78, 5) is 24.1. The Kier molecular flexibility index (Phi) is 4.88. The molecule has 1 saturated heterocycles. The normalized spacial score (nSPS) is 18.7. The van der Waals surface area contributed by atoms with Crippen LogP contribution in [0, 0.1) is 6.92 Å². The molecule has 0 atom stereocenters. The summed E-state index contributed by atoms with van der Waals surface area (Å²) >= 11 is 6.08. The standard InChI is InChI=1S/C20H23ClN6O3/c1-13-22-15(12-28-13)10-27(11-18-23-16-9-14(21)3-4-17(16)29-18)19-24-20(30-25-19)5-7-26(2)8-6-20/h3-4,9,12H,5-8,10-11H2,1-2H3,(H,24,25). The van der Waals surface area contributed by atoms with Crippen LogP contribution in [-0.4, -0.2) is 51.6 Å². The molecule has 9 nitrogen and oxygen atoms in total. The maximum absolute atomic E-state index is 6.08. The summed E-state index contributed by atoms with van der Waals surface area (Å²) in [5.41, 5.74) is 4.70. The number of piperidine rings is 1. The predicted molar refractivity (Wildman–Crippen MR) is 111 cm³/mol. The van der Waals surface area contributed by atoms with E-state index in [4.69, 9.17) is 30.3 Å². The van der Waals surface area contributed by atoms with Gasteiger partial charge in [0.1, 0.15) is 11.8 Å². The zero-order valence-corrected chi connectivity index (χ0v) is 17.6. The largest absolute Gasteiger partial charge is 0.449 e. The van der Waals surface area contributed by atoms with Gasteiger partial charge < -0.3 is 18.6 Å². The number of aryl methyl sites for hydroxylation is 1. The molecular formula is C20H23ClN6O3. The average molecular weight is 431 g/mol. The van der Waals surface area contributed by atoms with E-state index >= 15 is 0 Å². The Morgan fingerprint density at radius 1 is 1.23 bits per heavy atom. The highest BCUT2D eigenvalue weighted by Gasteiger charge is 2.41. The number of benzene rings is 1. The fraction of sp³-hybridized carbons (Fsp3) is 0.450. The first-order valence-corrected chi connectivity index (χ1v) is 10.3. The SMILES string of the molecule is Cc1nc(CN(Cc2nc3cc(Cl)ccc3o2)C2=NC3(CCN(C)CC3)ON2)co1. The number of hydrogen-bond acceptors (Lipinski definition) is 9. The van der Waals surface area contributed by atoms with Crippen LogP contribution >= 0.6 is 11.6 Å². The van der Waals surface area contributed by atoms with Gasteiger partial charge in [0.2, 0.25) is 11.9 Å². The lowest BCUT2D eigenvalue weighted by molar-refractivity contribution is -0.0875. The molecular weight excluding hydrogens is 408 g/mol. The van der Waals surface area contributed by atoms with E-state index in [1.54, 1.807) is 18.4 Å². The number of rotatable bonds is 4. The third kappa shape index (κ3) is 3.88. The summed E-state index contributed by atoms with van der Waals surface area (Å²) in [5, 5.41) is 0.622. The van der Waals surface area contributed by atoms with Crippen LogP contribution in [0.2, 0.25) is 5.02 Å². The van der Waals surface area contributed by atoms with Crippen LogP contribution in [-0.2, 0) is 17.9 Å². The Hall–Kier alpha value is -2.62. The Labute approximate surface area is 178 Å². The van der Waals surface area contributed by atoms with Crippen LogP contribution in [0.3, 0.4) is 0 Å². The van der Waals surface area contributed by atoms with Crippen molar-refractivity contribution < 1.29 is 13.7 Å². The molecule has 158 valence electrons. The average Bonchev–Trinajstić information content (AvgIpc) is 3.42. The number of oxazole rings is 2. The van der Waals surface area contributed by atoms with E-state index in [0.29, 0.717) is 41.4 Å². The van der Waals surface area contributed by atoms with Crippen LogP contribution in [0.1, 0.15) is 30.3 Å². The van der Waals surface area contributed by atoms with Crippen molar-refractivity contribution in [3.05, 3.63) is 47.0 Å². The Bertz CT molecular complexity index is 1090. The van der Waals surface area contributed by atoms with Gasteiger partial charge in [0.15, 0.2) is 17.2 Å². The minimum absolute atomic E-state index is 0.392. The van der Waals surface area contributed by atoms with Gasteiger partial charge in [-0.05, 0) is 25.2 Å². The van der Waals surface area contributed by atoms with E-state index in [2.05, 4.69) is 27.4 Å². The molecule has 0 radical (unpaired) electrons. The molecule has 30 heavy (non-hydrogen) atoms. The second-order valence-corrected chi connectivity index (χ2v) is 8.26. The zero-order valence-electron chi connectivity index (χ0n) is 16.9. The second-order valence-electron chi connectivity index (χ2n) is 7.82. The third-order valence-corrected chi connectivity index (χ3v) is 5.68. The summed E-state index contributed by atoms with van der Waals surface area (Å²) in [5.74, 6) is 1.81. The molecule has 0 amide bonds. The van der Waals surface area contributed by atoms with Gasteiger partial charge in [-0.3, -0.25) is 0 Å². The highest BCUT2D eigenvalue weighted by Crippen LogP contribution is 2.30. The molecule has 2 aromatic heterocycles. The number of fused-ring (bicyclic) bond motifs is 1. The van der Waals surface area contributed by atoms with Gasteiger partial charge in [0.05, 0.1) is 18.8 Å². The fourth-order valence-electron chi connectivity index (χ4n) is 3.76. The number of guanidine groups is 1. The molecule has 2 aliphatic rings. The predicted octanol–water partition coefficient (Wildman–Crippen LogP) is 3.09. The van der Waals surface area contributed by atoms with Crippen LogP contribution in [0.4, 0.5) is 0 Å². The molecule has 1 spiro atoms. The number of hydroxylamine groups is 1. The van der Waals surface area contributed by atoms with E-state index < -0.39 is 5.72 Å². The minimum atomic E-state index is -0.533. The lowest BCUT2D eigenvalue weighted by Gasteiger charge is -2.33. The monoisotopic (exact) mass is 430 g/mol. The first kappa shape index (κ1) is 19.3. The molecule has 0 aliphatic carbocycles. The van der Waals surface area contributed by atoms with Crippen molar-refractivity contribution in [3.8, 4) is 0 Å². The molecule has 5 rings (SSSR count). The number of hydrogen-bond donors (Lipinski definition) is 1. The van der Waals surface area contributed by atoms with Crippen molar-refractivity contribution in [3.63, 3.8) is 0 Å². The summed E-state index contributed by atoms with van der Waals surface area (Å²) < 4.78 is 11.3. The third-order valence-electron chi connectivity index (χ3n) is 5.45. The smallest absolute Gasteiger partial charge is 0.222 e. The maximum Gasteiger partial charge on any atom is 0.222 e. The van der Waals surface area contributed by atoms with Gasteiger partial charge in [-0.15, -0.1) is 0 Å². The van der Waals surface area contributed by atoms with Crippen LogP contribution in [0.25, 0.3) is 11.1 Å². The lowest BCUT2D eigenvalue weighted by atomic mass is 10.0. The molecule has 0 bridgehead atoms. The fourth-order valence-corrected chi connectivity index (χ4v) is 3.92. The first-order chi connectivity index (χ1) is 14.5. The van der Waals surface area contributed by atoms with Crippen molar-refractivity contribution >= 4 is 28.7 Å². The number of halogens is 1. The van der Waals surface area contributed by atoms with E-state index in [0.717, 1.165) is 37.1 Å². The highest BCUT2D eigenvalue weighted by atomic mass is 35.5. The molecule has 1 N–H and O–H groups in total. The summed E-state index contributed by atoms with van der Waals surface area (Å²) in [6, 6.07) is 5.40. The van der Waals surface area contributed by atoms with Crippen molar-refractivity contribution in [2.45, 2.75) is 38.6 Å². The maximum atomic E-state index is 6.08. The van der Waals surface area contributed by atoms with Crippen LogP contribution in [0.15, 0.2) is 38.3 Å². The number of likely N-dealkylation sites (tertiary alicyclic amines) is 1. The van der Waals surface area contributed by atoms with Crippen molar-refractivity contribution in [2.24, 2.45) is 4.99 Å². The lowest BCUT2D eigenvalue weighted by Crippen LogP contribution is -2.43. The van der Waals surface area contributed by atoms with Crippen LogP contribution in [0.5, 0.6) is 0 Å². The van der Waals surface area contributed by atoms with Gasteiger partial charge in [-0.2, -0.15) is 0 Å². The van der Waals surface area contributed by atoms with Gasteiger partial charge >= 0.3 is 0 Å².